The zero-order chi connectivity index (χ0) is 18.3. The van der Waals surface area contributed by atoms with E-state index < -0.39 is 5.60 Å². The van der Waals surface area contributed by atoms with Crippen molar-refractivity contribution < 1.29 is 9.50 Å². The molecule has 3 heterocycles. The molecule has 6 heteroatoms. The molecule has 0 radical (unpaired) electrons. The van der Waals surface area contributed by atoms with Crippen LogP contribution in [0.3, 0.4) is 0 Å². The predicted octanol–water partition coefficient (Wildman–Crippen LogP) is 2.70. The Hall–Kier alpha value is -2.05. The van der Waals surface area contributed by atoms with Crippen molar-refractivity contribution in [1.29, 1.82) is 0 Å². The van der Waals surface area contributed by atoms with Gasteiger partial charge in [-0.1, -0.05) is 18.2 Å². The van der Waals surface area contributed by atoms with Crippen molar-refractivity contribution in [1.82, 2.24) is 14.9 Å². The fourth-order valence-corrected chi connectivity index (χ4v) is 4.50. The molecule has 5 nitrogen and oxygen atoms in total. The van der Waals surface area contributed by atoms with Crippen LogP contribution < -0.4 is 4.90 Å². The van der Waals surface area contributed by atoms with Crippen LogP contribution >= 0.6 is 0 Å². The molecule has 3 atom stereocenters. The van der Waals surface area contributed by atoms with Crippen molar-refractivity contribution in [2.24, 2.45) is 0 Å². The Labute approximate surface area is 153 Å². The van der Waals surface area contributed by atoms with Gasteiger partial charge in [-0.2, -0.15) is 0 Å². The molecule has 1 N–H and O–H groups in total. The van der Waals surface area contributed by atoms with Crippen LogP contribution in [0.15, 0.2) is 36.7 Å². The highest BCUT2D eigenvalue weighted by Crippen LogP contribution is 2.46. The molecule has 2 saturated heterocycles. The standard InChI is InChI=1S/C20H25FN4O/c1-24(2)19-22-11-14(12-23-19)13-25-15-7-8-16(25)10-20(26,9-15)17-5-3-4-6-18(17)21/h3-6,11-12,15-16,26H,7-10,13H2,1-2H3/t15-,16+,20?. The maximum Gasteiger partial charge on any atom is 0.224 e. The summed E-state index contributed by atoms with van der Waals surface area (Å²) in [5.41, 5.74) is 0.443. The smallest absolute Gasteiger partial charge is 0.224 e. The van der Waals surface area contributed by atoms with Gasteiger partial charge in [-0.05, 0) is 31.7 Å². The quantitative estimate of drug-likeness (QED) is 0.913. The maximum absolute atomic E-state index is 14.2. The van der Waals surface area contributed by atoms with Crippen LogP contribution in [0.25, 0.3) is 0 Å². The van der Waals surface area contributed by atoms with E-state index in [9.17, 15) is 9.50 Å². The van der Waals surface area contributed by atoms with Gasteiger partial charge in [0.1, 0.15) is 5.82 Å². The molecule has 1 unspecified atom stereocenters. The number of anilines is 1. The van der Waals surface area contributed by atoms with E-state index in [1.807, 2.05) is 31.4 Å². The lowest BCUT2D eigenvalue weighted by Crippen LogP contribution is -2.49. The average molecular weight is 356 g/mol. The molecular weight excluding hydrogens is 331 g/mol. The summed E-state index contributed by atoms with van der Waals surface area (Å²) in [6.07, 6.45) is 6.97. The van der Waals surface area contributed by atoms with Crippen molar-refractivity contribution in [3.8, 4) is 0 Å². The Balaban J connectivity index is 1.51. The number of nitrogens with zero attached hydrogens (tertiary/aromatic N) is 4. The second-order valence-corrected chi connectivity index (χ2v) is 7.76. The largest absolute Gasteiger partial charge is 0.385 e. The van der Waals surface area contributed by atoms with Gasteiger partial charge in [0.05, 0.1) is 5.60 Å². The number of rotatable bonds is 4. The second kappa shape index (κ2) is 6.59. The molecule has 1 aromatic carbocycles. The summed E-state index contributed by atoms with van der Waals surface area (Å²) in [5.74, 6) is 0.389. The molecule has 0 amide bonds. The molecule has 138 valence electrons. The molecule has 2 fully saturated rings. The van der Waals surface area contributed by atoms with E-state index in [0.717, 1.165) is 24.9 Å². The van der Waals surface area contributed by atoms with Crippen molar-refractivity contribution in [2.45, 2.75) is 49.9 Å². The van der Waals surface area contributed by atoms with E-state index in [1.165, 1.54) is 6.07 Å². The van der Waals surface area contributed by atoms with E-state index in [0.29, 0.717) is 24.4 Å². The van der Waals surface area contributed by atoms with E-state index in [4.69, 9.17) is 0 Å². The molecule has 0 aliphatic carbocycles. The molecule has 0 spiro atoms. The molecule has 2 aliphatic rings. The highest BCUT2D eigenvalue weighted by atomic mass is 19.1. The monoisotopic (exact) mass is 356 g/mol. The van der Waals surface area contributed by atoms with Crippen molar-refractivity contribution in [2.75, 3.05) is 19.0 Å². The van der Waals surface area contributed by atoms with Crippen LogP contribution in [-0.2, 0) is 12.1 Å². The van der Waals surface area contributed by atoms with Gasteiger partial charge in [0.15, 0.2) is 0 Å². The van der Waals surface area contributed by atoms with Crippen molar-refractivity contribution in [3.63, 3.8) is 0 Å². The molecule has 26 heavy (non-hydrogen) atoms. The summed E-state index contributed by atoms with van der Waals surface area (Å²) in [6, 6.07) is 7.14. The molecule has 2 aliphatic heterocycles. The van der Waals surface area contributed by atoms with Gasteiger partial charge < -0.3 is 10.0 Å². The Morgan fingerprint density at radius 2 is 1.77 bits per heavy atom. The van der Waals surface area contributed by atoms with Crippen LogP contribution in [0.4, 0.5) is 10.3 Å². The van der Waals surface area contributed by atoms with Crippen LogP contribution in [0.5, 0.6) is 0 Å². The van der Waals surface area contributed by atoms with Crippen molar-refractivity contribution >= 4 is 5.95 Å². The summed E-state index contributed by atoms with van der Waals surface area (Å²) >= 11 is 0. The molecule has 0 saturated carbocycles. The number of aliphatic hydroxyl groups is 1. The number of halogens is 1. The van der Waals surface area contributed by atoms with Crippen LogP contribution in [0.2, 0.25) is 0 Å². The number of piperidine rings is 1. The number of fused-ring (bicyclic) bond motifs is 2. The minimum absolute atomic E-state index is 0.256. The second-order valence-electron chi connectivity index (χ2n) is 7.76. The third-order valence-electron chi connectivity index (χ3n) is 5.75. The van der Waals surface area contributed by atoms with E-state index in [1.54, 1.807) is 18.2 Å². The zero-order valence-electron chi connectivity index (χ0n) is 15.3. The first-order chi connectivity index (χ1) is 12.5. The summed E-state index contributed by atoms with van der Waals surface area (Å²) in [7, 11) is 3.84. The molecular formula is C20H25FN4O. The van der Waals surface area contributed by atoms with Gasteiger partial charge >= 0.3 is 0 Å². The normalized spacial score (nSPS) is 28.3. The Morgan fingerprint density at radius 1 is 1.15 bits per heavy atom. The molecule has 2 bridgehead atoms. The summed E-state index contributed by atoms with van der Waals surface area (Å²) in [5, 5.41) is 11.2. The first kappa shape index (κ1) is 17.4. The number of aromatic nitrogens is 2. The number of hydrogen-bond acceptors (Lipinski definition) is 5. The van der Waals surface area contributed by atoms with Gasteiger partial charge in [-0.25, -0.2) is 14.4 Å². The van der Waals surface area contributed by atoms with E-state index in [2.05, 4.69) is 14.9 Å². The lowest BCUT2D eigenvalue weighted by atomic mass is 9.80. The van der Waals surface area contributed by atoms with Crippen LogP contribution in [-0.4, -0.2) is 46.2 Å². The van der Waals surface area contributed by atoms with E-state index >= 15 is 0 Å². The topological polar surface area (TPSA) is 52.5 Å². The van der Waals surface area contributed by atoms with Gasteiger partial charge in [-0.15, -0.1) is 0 Å². The third kappa shape index (κ3) is 3.08. The molecule has 4 rings (SSSR count). The predicted molar refractivity (Wildman–Crippen MR) is 98.2 cm³/mol. The molecule has 2 aromatic rings. The number of hydrogen-bond donors (Lipinski definition) is 1. The third-order valence-corrected chi connectivity index (χ3v) is 5.75. The maximum atomic E-state index is 14.2. The minimum Gasteiger partial charge on any atom is -0.385 e. The Morgan fingerprint density at radius 3 is 2.35 bits per heavy atom. The first-order valence-electron chi connectivity index (χ1n) is 9.18. The highest BCUT2D eigenvalue weighted by Gasteiger charge is 2.48. The Bertz CT molecular complexity index is 766. The van der Waals surface area contributed by atoms with Crippen LogP contribution in [0, 0.1) is 5.82 Å². The fourth-order valence-electron chi connectivity index (χ4n) is 4.50. The van der Waals surface area contributed by atoms with E-state index in [-0.39, 0.29) is 17.9 Å². The zero-order valence-corrected chi connectivity index (χ0v) is 15.3. The van der Waals surface area contributed by atoms with Gasteiger partial charge in [0, 0.05) is 56.2 Å². The lowest BCUT2D eigenvalue weighted by Gasteiger charge is -2.44. The fraction of sp³-hybridized carbons (Fsp3) is 0.500. The van der Waals surface area contributed by atoms with Crippen molar-refractivity contribution in [3.05, 3.63) is 53.6 Å². The summed E-state index contributed by atoms with van der Waals surface area (Å²) < 4.78 is 14.2. The minimum atomic E-state index is -1.07. The molecule has 1 aromatic heterocycles. The summed E-state index contributed by atoms with van der Waals surface area (Å²) in [4.78, 5) is 13.1. The Kier molecular flexibility index (Phi) is 4.40. The van der Waals surface area contributed by atoms with Gasteiger partial charge in [0.2, 0.25) is 5.95 Å². The SMILES string of the molecule is CN(C)c1ncc(CN2[C@@H]3CC[C@H]2CC(O)(c2ccccc2F)C3)cn1. The van der Waals surface area contributed by atoms with Gasteiger partial charge in [-0.3, -0.25) is 4.90 Å². The lowest BCUT2D eigenvalue weighted by molar-refractivity contribution is -0.0616. The highest BCUT2D eigenvalue weighted by molar-refractivity contribution is 5.28. The first-order valence-corrected chi connectivity index (χ1v) is 9.18. The average Bonchev–Trinajstić information content (AvgIpc) is 2.86. The van der Waals surface area contributed by atoms with Crippen LogP contribution in [0.1, 0.15) is 36.8 Å². The summed E-state index contributed by atoms with van der Waals surface area (Å²) in [6.45, 7) is 0.774. The van der Waals surface area contributed by atoms with Gasteiger partial charge in [0.25, 0.3) is 0 Å². The number of benzene rings is 1.